The van der Waals surface area contributed by atoms with Gasteiger partial charge in [0.25, 0.3) is 0 Å². The number of aromatic nitrogens is 3. The molecular weight excluding hydrogens is 312 g/mol. The minimum Gasteiger partial charge on any atom is -0.358 e. The number of nitrogens with zero attached hydrogens (tertiary/aromatic N) is 1. The van der Waals surface area contributed by atoms with Crippen molar-refractivity contribution in [3.8, 4) is 0 Å². The van der Waals surface area contributed by atoms with E-state index in [1.165, 1.54) is 11.1 Å². The molecule has 5 heteroatoms. The van der Waals surface area contributed by atoms with Gasteiger partial charge in [-0.15, -0.1) is 0 Å². The lowest BCUT2D eigenvalue weighted by Crippen LogP contribution is -2.30. The van der Waals surface area contributed by atoms with E-state index in [0.29, 0.717) is 6.42 Å². The first kappa shape index (κ1) is 17.3. The highest BCUT2D eigenvalue weighted by Gasteiger charge is 2.18. The predicted octanol–water partition coefficient (Wildman–Crippen LogP) is 3.93. The van der Waals surface area contributed by atoms with E-state index >= 15 is 0 Å². The lowest BCUT2D eigenvalue weighted by Gasteiger charge is -2.15. The molecule has 0 unspecified atom stereocenters. The third kappa shape index (κ3) is 3.45. The molecule has 132 valence electrons. The van der Waals surface area contributed by atoms with Crippen LogP contribution in [0.15, 0.2) is 18.3 Å². The first-order chi connectivity index (χ1) is 11.9. The first-order valence-corrected chi connectivity index (χ1v) is 8.78. The van der Waals surface area contributed by atoms with Crippen LogP contribution in [0.5, 0.6) is 0 Å². The molecule has 2 aromatic heterocycles. The number of fused-ring (bicyclic) bond motifs is 1. The van der Waals surface area contributed by atoms with Gasteiger partial charge in [-0.25, -0.2) is 4.98 Å². The quantitative estimate of drug-likeness (QED) is 0.659. The molecule has 25 heavy (non-hydrogen) atoms. The van der Waals surface area contributed by atoms with Crippen molar-refractivity contribution in [3.63, 3.8) is 0 Å². The molecule has 0 spiro atoms. The van der Waals surface area contributed by atoms with Crippen LogP contribution in [0.1, 0.15) is 53.3 Å². The Morgan fingerprint density at radius 3 is 2.60 bits per heavy atom. The topological polar surface area (TPSA) is 73.6 Å². The van der Waals surface area contributed by atoms with E-state index in [1.807, 2.05) is 20.8 Å². The highest BCUT2D eigenvalue weighted by molar-refractivity contribution is 5.92. The van der Waals surface area contributed by atoms with Gasteiger partial charge in [0.1, 0.15) is 5.82 Å². The SMILES string of the molecule is CC[C@H](NC(=O)Cc1c(C)[nH]c2c(C)cc(C)cc12)c1ncc(C)[nH]1. The Morgan fingerprint density at radius 1 is 1.20 bits per heavy atom. The summed E-state index contributed by atoms with van der Waals surface area (Å²) in [5, 5.41) is 4.25. The summed E-state index contributed by atoms with van der Waals surface area (Å²) >= 11 is 0. The Bertz CT molecular complexity index is 919. The van der Waals surface area contributed by atoms with E-state index in [2.05, 4.69) is 46.2 Å². The van der Waals surface area contributed by atoms with E-state index in [0.717, 1.165) is 40.1 Å². The zero-order valence-corrected chi connectivity index (χ0v) is 15.6. The number of aryl methyl sites for hydroxylation is 4. The van der Waals surface area contributed by atoms with E-state index in [9.17, 15) is 4.79 Å². The fourth-order valence-corrected chi connectivity index (χ4v) is 3.44. The molecule has 1 aromatic carbocycles. The number of imidazole rings is 1. The zero-order valence-electron chi connectivity index (χ0n) is 15.6. The Kier molecular flexibility index (Phi) is 4.66. The molecule has 1 atom stereocenters. The molecule has 0 fully saturated rings. The molecular formula is C20H26N4O. The summed E-state index contributed by atoms with van der Waals surface area (Å²) in [5.74, 6) is 0.833. The van der Waals surface area contributed by atoms with Crippen LogP contribution < -0.4 is 5.32 Å². The molecule has 2 heterocycles. The summed E-state index contributed by atoms with van der Waals surface area (Å²) < 4.78 is 0. The van der Waals surface area contributed by atoms with E-state index in [-0.39, 0.29) is 11.9 Å². The van der Waals surface area contributed by atoms with Gasteiger partial charge < -0.3 is 15.3 Å². The van der Waals surface area contributed by atoms with Crippen LogP contribution >= 0.6 is 0 Å². The molecule has 0 aliphatic rings. The highest BCUT2D eigenvalue weighted by Crippen LogP contribution is 2.27. The number of amides is 1. The fourth-order valence-electron chi connectivity index (χ4n) is 3.44. The van der Waals surface area contributed by atoms with Crippen molar-refractivity contribution in [2.24, 2.45) is 0 Å². The molecule has 0 radical (unpaired) electrons. The van der Waals surface area contributed by atoms with Gasteiger partial charge >= 0.3 is 0 Å². The predicted molar refractivity (Wildman–Crippen MR) is 101 cm³/mol. The second-order valence-corrected chi connectivity index (χ2v) is 6.89. The number of aromatic amines is 2. The summed E-state index contributed by atoms with van der Waals surface area (Å²) in [6, 6.07) is 4.23. The third-order valence-electron chi connectivity index (χ3n) is 4.70. The van der Waals surface area contributed by atoms with E-state index in [4.69, 9.17) is 0 Å². The largest absolute Gasteiger partial charge is 0.358 e. The average molecular weight is 338 g/mol. The molecule has 0 aliphatic heterocycles. The number of carbonyl (C=O) groups is 1. The molecule has 0 bridgehead atoms. The second kappa shape index (κ2) is 6.75. The molecule has 3 N–H and O–H groups in total. The van der Waals surface area contributed by atoms with Gasteiger partial charge in [-0.3, -0.25) is 4.79 Å². The van der Waals surface area contributed by atoms with Gasteiger partial charge in [-0.2, -0.15) is 0 Å². The Morgan fingerprint density at radius 2 is 1.96 bits per heavy atom. The number of H-pyrrole nitrogens is 2. The van der Waals surface area contributed by atoms with E-state index in [1.54, 1.807) is 6.20 Å². The molecule has 3 aromatic rings. The van der Waals surface area contributed by atoms with Gasteiger partial charge in [0.05, 0.1) is 12.5 Å². The Hall–Kier alpha value is -2.56. The maximum Gasteiger partial charge on any atom is 0.225 e. The van der Waals surface area contributed by atoms with Crippen LogP contribution in [-0.4, -0.2) is 20.9 Å². The molecule has 1 amide bonds. The van der Waals surface area contributed by atoms with Gasteiger partial charge in [0, 0.05) is 28.5 Å². The van der Waals surface area contributed by atoms with Gasteiger partial charge in [-0.1, -0.05) is 18.6 Å². The van der Waals surface area contributed by atoms with Crippen LogP contribution in [0.25, 0.3) is 10.9 Å². The minimum atomic E-state index is -0.0878. The van der Waals surface area contributed by atoms with E-state index < -0.39 is 0 Å². The number of carbonyl (C=O) groups excluding carboxylic acids is 1. The van der Waals surface area contributed by atoms with Gasteiger partial charge in [-0.05, 0) is 51.3 Å². The highest BCUT2D eigenvalue weighted by atomic mass is 16.1. The number of hydrogen-bond acceptors (Lipinski definition) is 2. The monoisotopic (exact) mass is 338 g/mol. The van der Waals surface area contributed by atoms with Gasteiger partial charge in [0.2, 0.25) is 5.91 Å². The van der Waals surface area contributed by atoms with Crippen LogP contribution in [0.4, 0.5) is 0 Å². The third-order valence-corrected chi connectivity index (χ3v) is 4.70. The fraction of sp³-hybridized carbons (Fsp3) is 0.400. The maximum absolute atomic E-state index is 12.7. The van der Waals surface area contributed by atoms with Crippen molar-refractivity contribution in [2.45, 2.75) is 53.5 Å². The summed E-state index contributed by atoms with van der Waals surface area (Å²) in [5.41, 5.74) is 6.68. The Balaban J connectivity index is 1.83. The first-order valence-electron chi connectivity index (χ1n) is 8.78. The summed E-state index contributed by atoms with van der Waals surface area (Å²) in [6.07, 6.45) is 2.95. The van der Waals surface area contributed by atoms with Crippen LogP contribution in [0.2, 0.25) is 0 Å². The van der Waals surface area contributed by atoms with Crippen molar-refractivity contribution in [3.05, 3.63) is 52.2 Å². The van der Waals surface area contributed by atoms with Crippen LogP contribution in [-0.2, 0) is 11.2 Å². The van der Waals surface area contributed by atoms with Crippen LogP contribution in [0, 0.1) is 27.7 Å². The van der Waals surface area contributed by atoms with Crippen LogP contribution in [0.3, 0.4) is 0 Å². The maximum atomic E-state index is 12.7. The number of hydrogen-bond donors (Lipinski definition) is 3. The molecule has 0 aliphatic carbocycles. The van der Waals surface area contributed by atoms with Crippen molar-refractivity contribution in [1.29, 1.82) is 0 Å². The normalized spacial score (nSPS) is 12.5. The lowest BCUT2D eigenvalue weighted by molar-refractivity contribution is -0.121. The Labute approximate surface area is 148 Å². The molecule has 0 saturated heterocycles. The molecule has 3 rings (SSSR count). The summed E-state index contributed by atoms with van der Waals surface area (Å²) in [7, 11) is 0. The number of nitrogens with one attached hydrogen (secondary N) is 3. The zero-order chi connectivity index (χ0) is 18.1. The van der Waals surface area contributed by atoms with Crippen molar-refractivity contribution in [1.82, 2.24) is 20.3 Å². The average Bonchev–Trinajstić information content (AvgIpc) is 3.10. The van der Waals surface area contributed by atoms with Gasteiger partial charge in [0.15, 0.2) is 0 Å². The van der Waals surface area contributed by atoms with Crippen molar-refractivity contribution < 1.29 is 4.79 Å². The number of benzene rings is 1. The number of rotatable bonds is 5. The van der Waals surface area contributed by atoms with Crippen molar-refractivity contribution in [2.75, 3.05) is 0 Å². The second-order valence-electron chi connectivity index (χ2n) is 6.89. The van der Waals surface area contributed by atoms with Crippen molar-refractivity contribution >= 4 is 16.8 Å². The lowest BCUT2D eigenvalue weighted by atomic mass is 10.0. The molecule has 0 saturated carbocycles. The standard InChI is InChI=1S/C20H26N4O/c1-6-17(20-21-10-13(4)22-20)24-18(25)9-15-14(5)23-19-12(3)7-11(2)8-16(15)19/h7-8,10,17,23H,6,9H2,1-5H3,(H,21,22)(H,24,25)/t17-/m0/s1. The summed E-state index contributed by atoms with van der Waals surface area (Å²) in [4.78, 5) is 23.7. The molecule has 5 nitrogen and oxygen atoms in total. The minimum absolute atomic E-state index is 0.0177. The smallest absolute Gasteiger partial charge is 0.225 e. The summed E-state index contributed by atoms with van der Waals surface area (Å²) in [6.45, 7) is 10.2.